The third-order valence-electron chi connectivity index (χ3n) is 5.84. The second kappa shape index (κ2) is 9.30. The lowest BCUT2D eigenvalue weighted by atomic mass is 9.88. The largest absolute Gasteiger partial charge is 0.324 e. The maximum atomic E-state index is 14.3. The summed E-state index contributed by atoms with van der Waals surface area (Å²) in [7, 11) is 0. The number of carbonyl (C=O) groups is 2. The van der Waals surface area contributed by atoms with Crippen molar-refractivity contribution in [3.63, 3.8) is 0 Å². The molecule has 1 saturated carbocycles. The zero-order valence-corrected chi connectivity index (χ0v) is 17.9. The van der Waals surface area contributed by atoms with Crippen molar-refractivity contribution in [2.75, 3.05) is 10.6 Å². The first-order valence-electron chi connectivity index (χ1n) is 10.8. The minimum atomic E-state index is -0.571. The number of rotatable bonds is 5. The lowest BCUT2D eigenvalue weighted by Crippen LogP contribution is -2.30. The van der Waals surface area contributed by atoms with E-state index in [-0.39, 0.29) is 29.6 Å². The summed E-state index contributed by atoms with van der Waals surface area (Å²) >= 11 is 0. The van der Waals surface area contributed by atoms with Gasteiger partial charge in [-0.15, -0.1) is 0 Å². The van der Waals surface area contributed by atoms with Gasteiger partial charge in [0.25, 0.3) is 5.56 Å². The quantitative estimate of drug-likeness (QED) is 0.632. The maximum Gasteiger partial charge on any atom is 0.261 e. The van der Waals surface area contributed by atoms with E-state index in [9.17, 15) is 18.8 Å². The van der Waals surface area contributed by atoms with Gasteiger partial charge in [-0.1, -0.05) is 31.4 Å². The summed E-state index contributed by atoms with van der Waals surface area (Å²) in [4.78, 5) is 42.2. The number of aromatic nitrogens is 2. The number of hydrogen-bond donors (Lipinski definition) is 2. The molecule has 0 bridgehead atoms. The number of halogens is 1. The van der Waals surface area contributed by atoms with Crippen molar-refractivity contribution in [3.8, 4) is 0 Å². The average Bonchev–Trinajstić information content (AvgIpc) is 2.79. The number of nitrogens with one attached hydrogen (secondary N) is 2. The van der Waals surface area contributed by atoms with Crippen LogP contribution in [0.25, 0.3) is 10.9 Å². The Hall–Kier alpha value is -3.55. The summed E-state index contributed by atoms with van der Waals surface area (Å²) in [6, 6.07) is 11.0. The highest BCUT2D eigenvalue weighted by Crippen LogP contribution is 2.26. The third-order valence-corrected chi connectivity index (χ3v) is 5.84. The van der Waals surface area contributed by atoms with Crippen LogP contribution < -0.4 is 16.2 Å². The summed E-state index contributed by atoms with van der Waals surface area (Å²) < 4.78 is 15.6. The molecular weight excluding hydrogens is 411 g/mol. The van der Waals surface area contributed by atoms with Crippen LogP contribution in [0.4, 0.5) is 15.8 Å². The smallest absolute Gasteiger partial charge is 0.261 e. The average molecular weight is 436 g/mol. The van der Waals surface area contributed by atoms with E-state index in [1.165, 1.54) is 22.8 Å². The van der Waals surface area contributed by atoms with E-state index in [1.54, 1.807) is 31.2 Å². The number of para-hydroxylation sites is 1. The van der Waals surface area contributed by atoms with Gasteiger partial charge in [-0.25, -0.2) is 9.37 Å². The van der Waals surface area contributed by atoms with Crippen LogP contribution in [0.2, 0.25) is 0 Å². The van der Waals surface area contributed by atoms with E-state index in [2.05, 4.69) is 15.6 Å². The Morgan fingerprint density at radius 1 is 1.09 bits per heavy atom. The molecule has 2 amide bonds. The zero-order valence-electron chi connectivity index (χ0n) is 17.9. The van der Waals surface area contributed by atoms with Crippen molar-refractivity contribution in [1.82, 2.24) is 9.55 Å². The van der Waals surface area contributed by atoms with E-state index in [4.69, 9.17) is 0 Å². The number of anilines is 2. The van der Waals surface area contributed by atoms with Crippen LogP contribution >= 0.6 is 0 Å². The molecule has 1 aliphatic carbocycles. The first-order valence-corrected chi connectivity index (χ1v) is 10.8. The molecule has 0 aliphatic heterocycles. The van der Waals surface area contributed by atoms with Crippen molar-refractivity contribution >= 4 is 34.1 Å². The lowest BCUT2D eigenvalue weighted by molar-refractivity contribution is -0.120. The van der Waals surface area contributed by atoms with E-state index in [0.717, 1.165) is 32.1 Å². The van der Waals surface area contributed by atoms with Gasteiger partial charge in [0, 0.05) is 11.6 Å². The van der Waals surface area contributed by atoms with E-state index in [0.29, 0.717) is 22.4 Å². The molecule has 166 valence electrons. The van der Waals surface area contributed by atoms with Gasteiger partial charge in [0.1, 0.15) is 18.2 Å². The monoisotopic (exact) mass is 436 g/mol. The van der Waals surface area contributed by atoms with Crippen molar-refractivity contribution < 1.29 is 14.0 Å². The molecule has 1 aliphatic rings. The molecule has 4 rings (SSSR count). The van der Waals surface area contributed by atoms with Gasteiger partial charge < -0.3 is 10.6 Å². The minimum absolute atomic E-state index is 0.0269. The number of fused-ring (bicyclic) bond motifs is 1. The number of benzene rings is 2. The molecule has 1 heterocycles. The van der Waals surface area contributed by atoms with E-state index >= 15 is 0 Å². The molecule has 8 heteroatoms. The molecule has 1 fully saturated rings. The number of hydrogen-bond acceptors (Lipinski definition) is 4. The first kappa shape index (κ1) is 21.7. The summed E-state index contributed by atoms with van der Waals surface area (Å²) in [6.45, 7) is 1.43. The summed E-state index contributed by atoms with van der Waals surface area (Å²) in [5.74, 6) is -0.919. The minimum Gasteiger partial charge on any atom is -0.324 e. The Balaban J connectivity index is 1.48. The Morgan fingerprint density at radius 3 is 2.62 bits per heavy atom. The highest BCUT2D eigenvalue weighted by atomic mass is 19.1. The van der Waals surface area contributed by atoms with Crippen LogP contribution in [0.15, 0.2) is 47.3 Å². The maximum absolute atomic E-state index is 14.3. The molecule has 2 aromatic carbocycles. The molecule has 0 atom stereocenters. The second-order valence-electron chi connectivity index (χ2n) is 8.13. The Labute approximate surface area is 184 Å². The predicted octanol–water partition coefficient (Wildman–Crippen LogP) is 4.00. The van der Waals surface area contributed by atoms with Gasteiger partial charge in [-0.3, -0.25) is 19.0 Å². The van der Waals surface area contributed by atoms with Crippen LogP contribution in [0, 0.1) is 18.7 Å². The van der Waals surface area contributed by atoms with Gasteiger partial charge in [0.05, 0.1) is 16.6 Å². The molecule has 0 unspecified atom stereocenters. The third kappa shape index (κ3) is 4.69. The van der Waals surface area contributed by atoms with E-state index < -0.39 is 11.7 Å². The standard InChI is InChI=1S/C24H25FN4O3/c1-15-26-20-10-6-5-9-18(20)24(32)29(15)14-22(30)27-17-11-12-19(25)21(13-17)28-23(31)16-7-3-2-4-8-16/h5-6,9-13,16H,2-4,7-8,14H2,1H3,(H,27,30)(H,28,31). The highest BCUT2D eigenvalue weighted by Gasteiger charge is 2.22. The molecule has 3 aromatic rings. The van der Waals surface area contributed by atoms with Gasteiger partial charge >= 0.3 is 0 Å². The fraction of sp³-hybridized carbons (Fsp3) is 0.333. The first-order chi connectivity index (χ1) is 15.4. The molecule has 7 nitrogen and oxygen atoms in total. The number of carbonyl (C=O) groups excluding carboxylic acids is 2. The molecule has 0 spiro atoms. The summed E-state index contributed by atoms with van der Waals surface area (Å²) in [5, 5.41) is 5.75. The highest BCUT2D eigenvalue weighted by molar-refractivity contribution is 5.95. The molecule has 0 saturated heterocycles. The molecular formula is C24H25FN4O3. The summed E-state index contributed by atoms with van der Waals surface area (Å²) in [5.41, 5.74) is 0.625. The van der Waals surface area contributed by atoms with Gasteiger partial charge in [-0.05, 0) is 50.1 Å². The lowest BCUT2D eigenvalue weighted by Gasteiger charge is -2.21. The molecule has 2 N–H and O–H groups in total. The second-order valence-corrected chi connectivity index (χ2v) is 8.13. The topological polar surface area (TPSA) is 93.1 Å². The number of aryl methyl sites for hydroxylation is 1. The van der Waals surface area contributed by atoms with Crippen LogP contribution in [0.5, 0.6) is 0 Å². The molecule has 1 aromatic heterocycles. The van der Waals surface area contributed by atoms with Crippen LogP contribution in [0.1, 0.15) is 37.9 Å². The van der Waals surface area contributed by atoms with Crippen LogP contribution in [-0.4, -0.2) is 21.4 Å². The fourth-order valence-electron chi connectivity index (χ4n) is 4.11. The van der Waals surface area contributed by atoms with Gasteiger partial charge in [-0.2, -0.15) is 0 Å². The van der Waals surface area contributed by atoms with Crippen molar-refractivity contribution in [3.05, 3.63) is 64.5 Å². The number of amides is 2. The van der Waals surface area contributed by atoms with Crippen molar-refractivity contribution in [2.24, 2.45) is 5.92 Å². The molecule has 0 radical (unpaired) electrons. The fourth-order valence-corrected chi connectivity index (χ4v) is 4.11. The van der Waals surface area contributed by atoms with Gasteiger partial charge in [0.2, 0.25) is 11.8 Å². The zero-order chi connectivity index (χ0) is 22.7. The molecule has 32 heavy (non-hydrogen) atoms. The Bertz CT molecular complexity index is 1230. The SMILES string of the molecule is Cc1nc2ccccc2c(=O)n1CC(=O)Nc1ccc(F)c(NC(=O)C2CCCCC2)c1. The predicted molar refractivity (Wildman–Crippen MR) is 121 cm³/mol. The number of nitrogens with zero attached hydrogens (tertiary/aromatic N) is 2. The van der Waals surface area contributed by atoms with Crippen LogP contribution in [-0.2, 0) is 16.1 Å². The van der Waals surface area contributed by atoms with Gasteiger partial charge in [0.15, 0.2) is 0 Å². The van der Waals surface area contributed by atoms with Crippen molar-refractivity contribution in [1.29, 1.82) is 0 Å². The van der Waals surface area contributed by atoms with Crippen LogP contribution in [0.3, 0.4) is 0 Å². The Kier molecular flexibility index (Phi) is 6.30. The normalized spacial score (nSPS) is 14.3. The van der Waals surface area contributed by atoms with E-state index in [1.807, 2.05) is 0 Å². The van der Waals surface area contributed by atoms with Crippen molar-refractivity contribution in [2.45, 2.75) is 45.6 Å². The summed E-state index contributed by atoms with van der Waals surface area (Å²) in [6.07, 6.45) is 4.72. The Morgan fingerprint density at radius 2 is 1.84 bits per heavy atom.